The molecule has 1 atom stereocenters. The van der Waals surface area contributed by atoms with E-state index in [2.05, 4.69) is 41.9 Å². The standard InChI is InChI=1S/C13H19BrOS/c1-3-15-11-6-10(7-11)8-12(14)13-5-4-9(2)16-13/h4-5,10-12H,3,6-8H2,1-2H3. The molecule has 1 nitrogen and oxygen atoms in total. The second kappa shape index (κ2) is 5.65. The molecule has 1 aromatic heterocycles. The Morgan fingerprint density at radius 3 is 2.81 bits per heavy atom. The average molecular weight is 303 g/mol. The molecule has 1 saturated carbocycles. The number of thiophene rings is 1. The third-order valence-corrected chi connectivity index (χ3v) is 5.49. The summed E-state index contributed by atoms with van der Waals surface area (Å²) < 4.78 is 5.59. The minimum Gasteiger partial charge on any atom is -0.378 e. The second-order valence-electron chi connectivity index (χ2n) is 4.57. The molecule has 0 bridgehead atoms. The smallest absolute Gasteiger partial charge is 0.0580 e. The number of hydrogen-bond acceptors (Lipinski definition) is 2. The highest BCUT2D eigenvalue weighted by molar-refractivity contribution is 9.09. The molecule has 0 spiro atoms. The lowest BCUT2D eigenvalue weighted by Gasteiger charge is -2.35. The van der Waals surface area contributed by atoms with Crippen LogP contribution in [0.3, 0.4) is 0 Å². The lowest BCUT2D eigenvalue weighted by atomic mass is 9.79. The van der Waals surface area contributed by atoms with Crippen molar-refractivity contribution in [3.63, 3.8) is 0 Å². The lowest BCUT2D eigenvalue weighted by Crippen LogP contribution is -2.31. The van der Waals surface area contributed by atoms with E-state index in [1.165, 1.54) is 29.0 Å². The predicted molar refractivity (Wildman–Crippen MR) is 73.5 cm³/mol. The summed E-state index contributed by atoms with van der Waals surface area (Å²) in [5.74, 6) is 0.850. The third kappa shape index (κ3) is 3.08. The van der Waals surface area contributed by atoms with Gasteiger partial charge in [0.2, 0.25) is 0 Å². The maximum atomic E-state index is 5.59. The third-order valence-electron chi connectivity index (χ3n) is 3.20. The summed E-state index contributed by atoms with van der Waals surface area (Å²) in [5.41, 5.74) is 0. The van der Waals surface area contributed by atoms with Crippen LogP contribution in [0.1, 0.15) is 40.8 Å². The molecular weight excluding hydrogens is 284 g/mol. The Kier molecular flexibility index (Phi) is 4.45. The van der Waals surface area contributed by atoms with Crippen molar-refractivity contribution in [2.24, 2.45) is 5.92 Å². The van der Waals surface area contributed by atoms with Crippen molar-refractivity contribution in [3.05, 3.63) is 21.9 Å². The predicted octanol–water partition coefficient (Wildman–Crippen LogP) is 4.70. The fraction of sp³-hybridized carbons (Fsp3) is 0.692. The van der Waals surface area contributed by atoms with Gasteiger partial charge in [0.1, 0.15) is 0 Å². The van der Waals surface area contributed by atoms with Gasteiger partial charge in [-0.05, 0) is 51.2 Å². The van der Waals surface area contributed by atoms with E-state index in [0.717, 1.165) is 12.5 Å². The Hall–Kier alpha value is 0.140. The summed E-state index contributed by atoms with van der Waals surface area (Å²) in [6.07, 6.45) is 4.30. The number of hydrogen-bond donors (Lipinski definition) is 0. The first-order chi connectivity index (χ1) is 7.69. The minimum absolute atomic E-state index is 0.541. The maximum Gasteiger partial charge on any atom is 0.0580 e. The molecule has 0 saturated heterocycles. The van der Waals surface area contributed by atoms with Crippen molar-refractivity contribution in [2.45, 2.75) is 44.0 Å². The summed E-state index contributed by atoms with van der Waals surface area (Å²) >= 11 is 5.71. The van der Waals surface area contributed by atoms with E-state index < -0.39 is 0 Å². The van der Waals surface area contributed by atoms with Crippen molar-refractivity contribution >= 4 is 27.3 Å². The van der Waals surface area contributed by atoms with Gasteiger partial charge in [-0.15, -0.1) is 11.3 Å². The van der Waals surface area contributed by atoms with E-state index in [9.17, 15) is 0 Å². The highest BCUT2D eigenvalue weighted by atomic mass is 79.9. The molecule has 90 valence electrons. The van der Waals surface area contributed by atoms with Crippen molar-refractivity contribution in [2.75, 3.05) is 6.61 Å². The van der Waals surface area contributed by atoms with Gasteiger partial charge in [0.15, 0.2) is 0 Å². The van der Waals surface area contributed by atoms with Crippen LogP contribution in [0, 0.1) is 12.8 Å². The fourth-order valence-electron chi connectivity index (χ4n) is 2.27. The van der Waals surface area contributed by atoms with Crippen LogP contribution >= 0.6 is 27.3 Å². The molecule has 1 unspecified atom stereocenters. The molecular formula is C13H19BrOS. The molecule has 1 fully saturated rings. The quantitative estimate of drug-likeness (QED) is 0.717. The Bertz CT molecular complexity index is 330. The van der Waals surface area contributed by atoms with Crippen LogP contribution in [-0.2, 0) is 4.74 Å². The Morgan fingerprint density at radius 1 is 1.50 bits per heavy atom. The lowest BCUT2D eigenvalue weighted by molar-refractivity contribution is -0.0264. The number of ether oxygens (including phenoxy) is 1. The molecule has 0 aliphatic heterocycles. The summed E-state index contributed by atoms with van der Waals surface area (Å²) in [6.45, 7) is 5.11. The molecule has 1 heterocycles. The van der Waals surface area contributed by atoms with Gasteiger partial charge in [0.25, 0.3) is 0 Å². The molecule has 16 heavy (non-hydrogen) atoms. The van der Waals surface area contributed by atoms with Crippen molar-refractivity contribution in [1.29, 1.82) is 0 Å². The first kappa shape index (κ1) is 12.6. The van der Waals surface area contributed by atoms with Gasteiger partial charge in [-0.3, -0.25) is 0 Å². The van der Waals surface area contributed by atoms with Crippen LogP contribution in [0.15, 0.2) is 12.1 Å². The van der Waals surface area contributed by atoms with Crippen molar-refractivity contribution < 1.29 is 4.74 Å². The molecule has 0 aromatic carbocycles. The van der Waals surface area contributed by atoms with Crippen LogP contribution in [0.25, 0.3) is 0 Å². The van der Waals surface area contributed by atoms with Gasteiger partial charge in [0.05, 0.1) is 6.10 Å². The zero-order valence-electron chi connectivity index (χ0n) is 9.91. The summed E-state index contributed by atoms with van der Waals surface area (Å²) in [7, 11) is 0. The highest BCUT2D eigenvalue weighted by Crippen LogP contribution is 2.41. The van der Waals surface area contributed by atoms with E-state index in [-0.39, 0.29) is 0 Å². The van der Waals surface area contributed by atoms with Crippen LogP contribution in [-0.4, -0.2) is 12.7 Å². The monoisotopic (exact) mass is 302 g/mol. The van der Waals surface area contributed by atoms with Crippen molar-refractivity contribution in [3.8, 4) is 0 Å². The van der Waals surface area contributed by atoms with Gasteiger partial charge in [-0.25, -0.2) is 0 Å². The SMILES string of the molecule is CCOC1CC(CC(Br)c2ccc(C)s2)C1. The van der Waals surface area contributed by atoms with E-state index in [1.807, 2.05) is 11.3 Å². The van der Waals surface area contributed by atoms with Gasteiger partial charge in [-0.1, -0.05) is 15.9 Å². The van der Waals surface area contributed by atoms with Crippen LogP contribution in [0.5, 0.6) is 0 Å². The minimum atomic E-state index is 0.541. The van der Waals surface area contributed by atoms with Gasteiger partial charge < -0.3 is 4.74 Å². The molecule has 0 radical (unpaired) electrons. The number of aryl methyl sites for hydroxylation is 1. The summed E-state index contributed by atoms with van der Waals surface area (Å²) in [6, 6.07) is 4.45. The van der Waals surface area contributed by atoms with Crippen molar-refractivity contribution in [1.82, 2.24) is 0 Å². The first-order valence-corrected chi connectivity index (χ1v) is 7.74. The van der Waals surface area contributed by atoms with Crippen LogP contribution < -0.4 is 0 Å². The molecule has 2 rings (SSSR count). The number of alkyl halides is 1. The molecule has 1 aliphatic carbocycles. The number of halogens is 1. The second-order valence-corrected chi connectivity index (χ2v) is 6.99. The van der Waals surface area contributed by atoms with E-state index in [1.54, 1.807) is 0 Å². The molecule has 1 aromatic rings. The normalized spacial score (nSPS) is 26.4. The van der Waals surface area contributed by atoms with Gasteiger partial charge in [0, 0.05) is 21.2 Å². The number of rotatable bonds is 5. The Labute approximate surface area is 110 Å². The largest absolute Gasteiger partial charge is 0.378 e. The van der Waals surface area contributed by atoms with Crippen LogP contribution in [0.2, 0.25) is 0 Å². The van der Waals surface area contributed by atoms with E-state index in [4.69, 9.17) is 4.74 Å². The Morgan fingerprint density at radius 2 is 2.25 bits per heavy atom. The molecule has 0 amide bonds. The first-order valence-electron chi connectivity index (χ1n) is 6.01. The average Bonchev–Trinajstić information content (AvgIpc) is 2.61. The topological polar surface area (TPSA) is 9.23 Å². The molecule has 3 heteroatoms. The molecule has 0 N–H and O–H groups in total. The highest BCUT2D eigenvalue weighted by Gasteiger charge is 2.31. The van der Waals surface area contributed by atoms with E-state index >= 15 is 0 Å². The van der Waals surface area contributed by atoms with Gasteiger partial charge in [-0.2, -0.15) is 0 Å². The maximum absolute atomic E-state index is 5.59. The Balaban J connectivity index is 1.75. The molecule has 1 aliphatic rings. The van der Waals surface area contributed by atoms with E-state index in [0.29, 0.717) is 10.9 Å². The van der Waals surface area contributed by atoms with Crippen LogP contribution in [0.4, 0.5) is 0 Å². The zero-order chi connectivity index (χ0) is 11.5. The summed E-state index contributed by atoms with van der Waals surface area (Å²) in [4.78, 5) is 3.41. The zero-order valence-corrected chi connectivity index (χ0v) is 12.3. The van der Waals surface area contributed by atoms with Gasteiger partial charge >= 0.3 is 0 Å². The fourth-order valence-corrected chi connectivity index (χ4v) is 4.10. The summed E-state index contributed by atoms with van der Waals surface area (Å²) in [5, 5.41) is 0.